The third-order valence-corrected chi connectivity index (χ3v) is 1.74. The molecule has 0 N–H and O–H groups in total. The highest BCUT2D eigenvalue weighted by Crippen LogP contribution is 2.14. The Morgan fingerprint density at radius 1 is 1.40 bits per heavy atom. The minimum Gasteiger partial charge on any atom is -0.480 e. The van der Waals surface area contributed by atoms with E-state index in [1.807, 2.05) is 19.9 Å². The van der Waals surface area contributed by atoms with Gasteiger partial charge in [0.15, 0.2) is 6.29 Å². The Hall–Kier alpha value is -1.75. The van der Waals surface area contributed by atoms with E-state index in [4.69, 9.17) is 4.74 Å². The first-order chi connectivity index (χ1) is 7.24. The predicted molar refractivity (Wildman–Crippen MR) is 59.9 cm³/mol. The highest BCUT2D eigenvalue weighted by Gasteiger charge is 1.99. The van der Waals surface area contributed by atoms with Gasteiger partial charge in [0.2, 0.25) is 0 Å². The van der Waals surface area contributed by atoms with Crippen LogP contribution in [0.4, 0.5) is 0 Å². The maximum Gasteiger partial charge on any atom is 0.153 e. The number of para-hydroxylation sites is 1. The van der Waals surface area contributed by atoms with Gasteiger partial charge in [-0.25, -0.2) is 0 Å². The molecule has 0 saturated carbocycles. The van der Waals surface area contributed by atoms with E-state index in [0.717, 1.165) is 6.29 Å². The Kier molecular flexibility index (Phi) is 4.43. The second-order valence-electron chi connectivity index (χ2n) is 3.42. The van der Waals surface area contributed by atoms with Crippen LogP contribution >= 0.6 is 0 Å². The lowest BCUT2D eigenvalue weighted by Crippen LogP contribution is -1.97. The lowest BCUT2D eigenvalue weighted by atomic mass is 10.2. The van der Waals surface area contributed by atoms with Gasteiger partial charge in [0.1, 0.15) is 12.4 Å². The summed E-state index contributed by atoms with van der Waals surface area (Å²) in [5, 5.41) is 0. The Labute approximate surface area is 90.3 Å². The number of hydrogen-bond donors (Lipinski definition) is 0. The average molecular weight is 202 g/mol. The maximum atomic E-state index is 10.7. The normalized spacial score (nSPS) is 9.27. The zero-order chi connectivity index (χ0) is 11.1. The van der Waals surface area contributed by atoms with Crippen molar-refractivity contribution in [1.29, 1.82) is 0 Å². The molecular formula is C13H14O2. The largest absolute Gasteiger partial charge is 0.480 e. The second-order valence-corrected chi connectivity index (χ2v) is 3.42. The van der Waals surface area contributed by atoms with Gasteiger partial charge in [-0.05, 0) is 12.1 Å². The molecule has 0 atom stereocenters. The first kappa shape index (κ1) is 11.3. The molecule has 0 aliphatic heterocycles. The molecular weight excluding hydrogens is 188 g/mol. The first-order valence-electron chi connectivity index (χ1n) is 4.89. The molecule has 0 aliphatic rings. The van der Waals surface area contributed by atoms with Gasteiger partial charge in [0, 0.05) is 5.92 Å². The number of carbonyl (C=O) groups is 1. The standard InChI is InChI=1S/C13H14O2/c1-11(2)6-5-9-15-13-8-4-3-7-12(13)10-14/h3-4,7-8,10-11H,9H2,1-2H3. The second kappa shape index (κ2) is 5.87. The van der Waals surface area contributed by atoms with Gasteiger partial charge in [-0.2, -0.15) is 0 Å². The van der Waals surface area contributed by atoms with Crippen molar-refractivity contribution < 1.29 is 9.53 Å². The third kappa shape index (κ3) is 3.86. The van der Waals surface area contributed by atoms with Gasteiger partial charge in [-0.3, -0.25) is 4.79 Å². The molecule has 0 fully saturated rings. The fourth-order valence-corrected chi connectivity index (χ4v) is 1.07. The fraction of sp³-hybridized carbons (Fsp3) is 0.308. The number of rotatable bonds is 3. The maximum absolute atomic E-state index is 10.7. The molecule has 15 heavy (non-hydrogen) atoms. The molecule has 0 bridgehead atoms. The molecule has 2 heteroatoms. The van der Waals surface area contributed by atoms with Crippen LogP contribution in [0.25, 0.3) is 0 Å². The molecule has 0 heterocycles. The van der Waals surface area contributed by atoms with E-state index in [-0.39, 0.29) is 0 Å². The van der Waals surface area contributed by atoms with E-state index in [9.17, 15) is 4.79 Å². The molecule has 0 aliphatic carbocycles. The summed E-state index contributed by atoms with van der Waals surface area (Å²) in [6, 6.07) is 7.12. The zero-order valence-corrected chi connectivity index (χ0v) is 8.99. The van der Waals surface area contributed by atoms with Crippen molar-refractivity contribution in [3.8, 4) is 17.6 Å². The van der Waals surface area contributed by atoms with Crippen LogP contribution in [0.3, 0.4) is 0 Å². The van der Waals surface area contributed by atoms with Crippen LogP contribution in [-0.4, -0.2) is 12.9 Å². The van der Waals surface area contributed by atoms with Crippen molar-refractivity contribution in [2.24, 2.45) is 5.92 Å². The van der Waals surface area contributed by atoms with Crippen LogP contribution in [0, 0.1) is 17.8 Å². The molecule has 0 amide bonds. The van der Waals surface area contributed by atoms with Crippen molar-refractivity contribution >= 4 is 6.29 Å². The van der Waals surface area contributed by atoms with Gasteiger partial charge in [0.25, 0.3) is 0 Å². The van der Waals surface area contributed by atoms with Gasteiger partial charge in [0.05, 0.1) is 5.56 Å². The van der Waals surface area contributed by atoms with E-state index >= 15 is 0 Å². The molecule has 1 aromatic rings. The van der Waals surface area contributed by atoms with E-state index in [2.05, 4.69) is 11.8 Å². The average Bonchev–Trinajstić information content (AvgIpc) is 2.24. The summed E-state index contributed by atoms with van der Waals surface area (Å²) < 4.78 is 5.37. The molecule has 1 aromatic carbocycles. The summed E-state index contributed by atoms with van der Waals surface area (Å²) in [6.07, 6.45) is 0.783. The predicted octanol–water partition coefficient (Wildman–Crippen LogP) is 2.54. The lowest BCUT2D eigenvalue weighted by Gasteiger charge is -2.03. The van der Waals surface area contributed by atoms with E-state index in [1.165, 1.54) is 0 Å². The van der Waals surface area contributed by atoms with Crippen molar-refractivity contribution in [2.75, 3.05) is 6.61 Å². The monoisotopic (exact) mass is 202 g/mol. The topological polar surface area (TPSA) is 26.3 Å². The number of carbonyl (C=O) groups excluding carboxylic acids is 1. The van der Waals surface area contributed by atoms with Gasteiger partial charge in [-0.15, -0.1) is 0 Å². The highest BCUT2D eigenvalue weighted by atomic mass is 16.5. The molecule has 78 valence electrons. The molecule has 0 saturated heterocycles. The molecule has 1 rings (SSSR count). The number of benzene rings is 1. The zero-order valence-electron chi connectivity index (χ0n) is 8.99. The summed E-state index contributed by atoms with van der Waals surface area (Å²) in [7, 11) is 0. The van der Waals surface area contributed by atoms with Crippen LogP contribution in [0.15, 0.2) is 24.3 Å². The van der Waals surface area contributed by atoms with Crippen molar-refractivity contribution in [2.45, 2.75) is 13.8 Å². The molecule has 0 aromatic heterocycles. The van der Waals surface area contributed by atoms with E-state index in [1.54, 1.807) is 18.2 Å². The van der Waals surface area contributed by atoms with Crippen molar-refractivity contribution in [1.82, 2.24) is 0 Å². The molecule has 0 spiro atoms. The third-order valence-electron chi connectivity index (χ3n) is 1.74. The summed E-state index contributed by atoms with van der Waals surface area (Å²) in [5.74, 6) is 6.82. The quantitative estimate of drug-likeness (QED) is 0.556. The van der Waals surface area contributed by atoms with Crippen molar-refractivity contribution in [3.63, 3.8) is 0 Å². The number of aldehydes is 1. The minimum absolute atomic E-state index is 0.322. The Balaban J connectivity index is 2.58. The van der Waals surface area contributed by atoms with Gasteiger partial charge >= 0.3 is 0 Å². The highest BCUT2D eigenvalue weighted by molar-refractivity contribution is 5.79. The van der Waals surface area contributed by atoms with Crippen LogP contribution < -0.4 is 4.74 Å². The SMILES string of the molecule is CC(C)C#CCOc1ccccc1C=O. The number of ether oxygens (including phenoxy) is 1. The fourth-order valence-electron chi connectivity index (χ4n) is 1.07. The van der Waals surface area contributed by atoms with Crippen molar-refractivity contribution in [3.05, 3.63) is 29.8 Å². The minimum atomic E-state index is 0.322. The van der Waals surface area contributed by atoms with Gasteiger partial charge < -0.3 is 4.74 Å². The van der Waals surface area contributed by atoms with Crippen LogP contribution in [0.2, 0.25) is 0 Å². The number of hydrogen-bond acceptors (Lipinski definition) is 2. The Bertz CT molecular complexity index is 383. The lowest BCUT2D eigenvalue weighted by molar-refractivity contribution is 0.112. The molecule has 0 unspecified atom stereocenters. The van der Waals surface area contributed by atoms with E-state index < -0.39 is 0 Å². The summed E-state index contributed by atoms with van der Waals surface area (Å²) in [6.45, 7) is 4.36. The molecule has 0 radical (unpaired) electrons. The molecule has 2 nitrogen and oxygen atoms in total. The first-order valence-corrected chi connectivity index (χ1v) is 4.89. The smallest absolute Gasteiger partial charge is 0.153 e. The Morgan fingerprint density at radius 2 is 2.13 bits per heavy atom. The van der Waals surface area contributed by atoms with Crippen LogP contribution in [0.1, 0.15) is 24.2 Å². The summed E-state index contributed by atoms with van der Waals surface area (Å²) in [4.78, 5) is 10.7. The van der Waals surface area contributed by atoms with Crippen LogP contribution in [0.5, 0.6) is 5.75 Å². The Morgan fingerprint density at radius 3 is 2.80 bits per heavy atom. The van der Waals surface area contributed by atoms with Gasteiger partial charge in [-0.1, -0.05) is 37.8 Å². The summed E-state index contributed by atoms with van der Waals surface area (Å²) >= 11 is 0. The van der Waals surface area contributed by atoms with Crippen LogP contribution in [-0.2, 0) is 0 Å². The summed E-state index contributed by atoms with van der Waals surface area (Å²) in [5.41, 5.74) is 0.559. The van der Waals surface area contributed by atoms with E-state index in [0.29, 0.717) is 23.8 Å².